The molecule has 0 atom stereocenters. The van der Waals surface area contributed by atoms with E-state index in [1.54, 1.807) is 30.3 Å². The van der Waals surface area contributed by atoms with Crippen LogP contribution in [-0.2, 0) is 0 Å². The van der Waals surface area contributed by atoms with Crippen LogP contribution >= 0.6 is 27.5 Å². The molecule has 1 heterocycles. The Labute approximate surface area is 127 Å². The molecule has 3 aromatic rings. The molecule has 0 bridgehead atoms. The number of fused-ring (bicyclic) bond motifs is 1. The van der Waals surface area contributed by atoms with Gasteiger partial charge in [-0.15, -0.1) is 0 Å². The average Bonchev–Trinajstić information content (AvgIpc) is 2.86. The van der Waals surface area contributed by atoms with E-state index < -0.39 is 5.82 Å². The van der Waals surface area contributed by atoms with Crippen LogP contribution in [0.4, 0.5) is 4.39 Å². The van der Waals surface area contributed by atoms with Crippen molar-refractivity contribution < 1.29 is 13.6 Å². The van der Waals surface area contributed by atoms with Crippen LogP contribution in [0.3, 0.4) is 0 Å². The molecule has 100 valence electrons. The Balaban J connectivity index is 2.13. The Morgan fingerprint density at radius 3 is 2.75 bits per heavy atom. The molecule has 0 aliphatic carbocycles. The SMILES string of the molecule is O=C(c1cc2cccc(F)c2o1)c1cc(Br)ccc1Cl. The second-order valence-corrected chi connectivity index (χ2v) is 5.55. The molecule has 0 saturated heterocycles. The van der Waals surface area contributed by atoms with Gasteiger partial charge < -0.3 is 4.42 Å². The Morgan fingerprint density at radius 1 is 1.20 bits per heavy atom. The van der Waals surface area contributed by atoms with E-state index >= 15 is 0 Å². The first-order valence-corrected chi connectivity index (χ1v) is 6.91. The third kappa shape index (κ3) is 2.25. The Kier molecular flexibility index (Phi) is 3.36. The van der Waals surface area contributed by atoms with Crippen molar-refractivity contribution in [2.75, 3.05) is 0 Å². The van der Waals surface area contributed by atoms with Gasteiger partial charge in [0.15, 0.2) is 17.2 Å². The quantitative estimate of drug-likeness (QED) is 0.591. The maximum atomic E-state index is 13.6. The monoisotopic (exact) mass is 352 g/mol. The highest BCUT2D eigenvalue weighted by molar-refractivity contribution is 9.10. The smallest absolute Gasteiger partial charge is 0.229 e. The second kappa shape index (κ2) is 5.04. The van der Waals surface area contributed by atoms with Crippen molar-refractivity contribution in [3.63, 3.8) is 0 Å². The lowest BCUT2D eigenvalue weighted by Crippen LogP contribution is -2.00. The van der Waals surface area contributed by atoms with Crippen molar-refractivity contribution in [2.24, 2.45) is 0 Å². The molecule has 0 aliphatic heterocycles. The van der Waals surface area contributed by atoms with Gasteiger partial charge in [0.05, 0.1) is 5.02 Å². The van der Waals surface area contributed by atoms with Gasteiger partial charge in [-0.25, -0.2) is 4.39 Å². The van der Waals surface area contributed by atoms with Gasteiger partial charge in [-0.05, 0) is 30.3 Å². The molecule has 3 rings (SSSR count). The number of halogens is 3. The fourth-order valence-corrected chi connectivity index (χ4v) is 2.51. The summed E-state index contributed by atoms with van der Waals surface area (Å²) in [6, 6.07) is 11.0. The first-order chi connectivity index (χ1) is 9.56. The van der Waals surface area contributed by atoms with E-state index in [9.17, 15) is 9.18 Å². The van der Waals surface area contributed by atoms with Gasteiger partial charge in [0.25, 0.3) is 0 Å². The molecule has 0 fully saturated rings. The highest BCUT2D eigenvalue weighted by Crippen LogP contribution is 2.27. The summed E-state index contributed by atoms with van der Waals surface area (Å²) in [5, 5.41) is 0.860. The standard InChI is InChI=1S/C15H7BrClFO2/c16-9-4-5-11(17)10(7-9)14(19)13-6-8-2-1-3-12(18)15(8)20-13/h1-7H. The van der Waals surface area contributed by atoms with Crippen molar-refractivity contribution >= 4 is 44.3 Å². The second-order valence-electron chi connectivity index (χ2n) is 4.22. The number of benzene rings is 2. The summed E-state index contributed by atoms with van der Waals surface area (Å²) in [6.45, 7) is 0. The molecule has 0 unspecified atom stereocenters. The van der Waals surface area contributed by atoms with Gasteiger partial charge in [-0.1, -0.05) is 39.7 Å². The summed E-state index contributed by atoms with van der Waals surface area (Å²) in [7, 11) is 0. The molecule has 2 nitrogen and oxygen atoms in total. The predicted octanol–water partition coefficient (Wildman–Crippen LogP) is 5.22. The maximum absolute atomic E-state index is 13.6. The van der Waals surface area contributed by atoms with Crippen molar-refractivity contribution in [3.8, 4) is 0 Å². The summed E-state index contributed by atoms with van der Waals surface area (Å²) >= 11 is 9.30. The number of ketones is 1. The Bertz CT molecular complexity index is 826. The third-order valence-corrected chi connectivity index (χ3v) is 3.72. The minimum Gasteiger partial charge on any atom is -0.449 e. The van der Waals surface area contributed by atoms with E-state index in [-0.39, 0.29) is 17.1 Å². The van der Waals surface area contributed by atoms with E-state index in [4.69, 9.17) is 16.0 Å². The molecular formula is C15H7BrClFO2. The van der Waals surface area contributed by atoms with Crippen LogP contribution < -0.4 is 0 Å². The first-order valence-electron chi connectivity index (χ1n) is 5.74. The predicted molar refractivity (Wildman–Crippen MR) is 78.8 cm³/mol. The van der Waals surface area contributed by atoms with Gasteiger partial charge in [0, 0.05) is 15.4 Å². The van der Waals surface area contributed by atoms with E-state index in [2.05, 4.69) is 15.9 Å². The molecule has 0 spiro atoms. The van der Waals surface area contributed by atoms with Crippen LogP contribution in [-0.4, -0.2) is 5.78 Å². The van der Waals surface area contributed by atoms with Crippen LogP contribution in [0.2, 0.25) is 5.02 Å². The molecule has 0 saturated carbocycles. The minimum absolute atomic E-state index is 0.0603. The van der Waals surface area contributed by atoms with E-state index in [0.717, 1.165) is 4.47 Å². The van der Waals surface area contributed by atoms with Crippen LogP contribution in [0.15, 0.2) is 51.4 Å². The van der Waals surface area contributed by atoms with Gasteiger partial charge in [0.1, 0.15) is 0 Å². The lowest BCUT2D eigenvalue weighted by atomic mass is 10.1. The molecular weight excluding hydrogens is 347 g/mol. The molecule has 0 N–H and O–H groups in total. The zero-order valence-electron chi connectivity index (χ0n) is 9.99. The number of furan rings is 1. The topological polar surface area (TPSA) is 30.2 Å². The summed E-state index contributed by atoms with van der Waals surface area (Å²) in [5.74, 6) is -0.820. The number of hydrogen-bond donors (Lipinski definition) is 0. The summed E-state index contributed by atoms with van der Waals surface area (Å²) in [4.78, 5) is 12.4. The van der Waals surface area contributed by atoms with Gasteiger partial charge >= 0.3 is 0 Å². The molecule has 5 heteroatoms. The molecule has 0 aliphatic rings. The van der Waals surface area contributed by atoms with Crippen LogP contribution in [0, 0.1) is 5.82 Å². The number of carbonyl (C=O) groups excluding carboxylic acids is 1. The van der Waals surface area contributed by atoms with Crippen molar-refractivity contribution in [1.82, 2.24) is 0 Å². The zero-order chi connectivity index (χ0) is 14.3. The summed E-state index contributed by atoms with van der Waals surface area (Å²) in [6.07, 6.45) is 0. The summed E-state index contributed by atoms with van der Waals surface area (Å²) in [5.41, 5.74) is 0.377. The normalized spacial score (nSPS) is 10.9. The minimum atomic E-state index is -0.498. The Hall–Kier alpha value is -1.65. The van der Waals surface area contributed by atoms with Crippen LogP contribution in [0.1, 0.15) is 16.1 Å². The van der Waals surface area contributed by atoms with Crippen molar-refractivity contribution in [3.05, 3.63) is 69.1 Å². The number of rotatable bonds is 2. The van der Waals surface area contributed by atoms with E-state index in [1.807, 2.05) is 0 Å². The van der Waals surface area contributed by atoms with Gasteiger partial charge in [-0.2, -0.15) is 0 Å². The lowest BCUT2D eigenvalue weighted by Gasteiger charge is -2.01. The maximum Gasteiger partial charge on any atom is 0.229 e. The molecule has 2 aromatic carbocycles. The summed E-state index contributed by atoms with van der Waals surface area (Å²) < 4.78 is 19.6. The first kappa shape index (κ1) is 13.3. The lowest BCUT2D eigenvalue weighted by molar-refractivity contribution is 0.101. The average molecular weight is 354 g/mol. The number of para-hydroxylation sites is 1. The fraction of sp³-hybridized carbons (Fsp3) is 0. The number of carbonyl (C=O) groups is 1. The number of hydrogen-bond acceptors (Lipinski definition) is 2. The molecule has 0 amide bonds. The van der Waals surface area contributed by atoms with E-state index in [0.29, 0.717) is 16.0 Å². The van der Waals surface area contributed by atoms with Crippen LogP contribution in [0.5, 0.6) is 0 Å². The van der Waals surface area contributed by atoms with Crippen molar-refractivity contribution in [2.45, 2.75) is 0 Å². The molecule has 1 aromatic heterocycles. The largest absolute Gasteiger partial charge is 0.449 e. The van der Waals surface area contributed by atoms with Gasteiger partial charge in [-0.3, -0.25) is 4.79 Å². The highest BCUT2D eigenvalue weighted by atomic mass is 79.9. The zero-order valence-corrected chi connectivity index (χ0v) is 12.3. The van der Waals surface area contributed by atoms with Gasteiger partial charge in [0.2, 0.25) is 5.78 Å². The third-order valence-electron chi connectivity index (χ3n) is 2.89. The fourth-order valence-electron chi connectivity index (χ4n) is 1.94. The van der Waals surface area contributed by atoms with E-state index in [1.165, 1.54) is 12.1 Å². The Morgan fingerprint density at radius 2 is 2.00 bits per heavy atom. The van der Waals surface area contributed by atoms with Crippen molar-refractivity contribution in [1.29, 1.82) is 0 Å². The molecule has 20 heavy (non-hydrogen) atoms. The molecule has 0 radical (unpaired) electrons. The van der Waals surface area contributed by atoms with Crippen LogP contribution in [0.25, 0.3) is 11.0 Å². The highest BCUT2D eigenvalue weighted by Gasteiger charge is 2.18.